The van der Waals surface area contributed by atoms with Crippen molar-refractivity contribution < 1.29 is 4.74 Å². The highest BCUT2D eigenvalue weighted by Gasteiger charge is 2.31. The van der Waals surface area contributed by atoms with Crippen molar-refractivity contribution >= 4 is 0 Å². The largest absolute Gasteiger partial charge is 0.380 e. The van der Waals surface area contributed by atoms with Crippen LogP contribution in [-0.4, -0.2) is 49.8 Å². The topological polar surface area (TPSA) is 24.5 Å². The Morgan fingerprint density at radius 2 is 2.33 bits per heavy atom. The normalized spacial score (nSPS) is 38.4. The first kappa shape index (κ1) is 11.4. The van der Waals surface area contributed by atoms with Crippen LogP contribution in [0.4, 0.5) is 0 Å². The number of hydrogen-bond acceptors (Lipinski definition) is 3. The first-order chi connectivity index (χ1) is 7.22. The van der Waals surface area contributed by atoms with Crippen LogP contribution in [-0.2, 0) is 4.74 Å². The number of nitrogens with one attached hydrogen (secondary N) is 1. The molecule has 3 nitrogen and oxygen atoms in total. The van der Waals surface area contributed by atoms with Gasteiger partial charge in [-0.1, -0.05) is 0 Å². The highest BCUT2D eigenvalue weighted by atomic mass is 16.5. The van der Waals surface area contributed by atoms with Gasteiger partial charge in [0.2, 0.25) is 0 Å². The number of rotatable bonds is 3. The van der Waals surface area contributed by atoms with Crippen molar-refractivity contribution in [2.24, 2.45) is 0 Å². The van der Waals surface area contributed by atoms with E-state index >= 15 is 0 Å². The molecule has 0 amide bonds. The molecular formula is C12H24N2O. The van der Waals surface area contributed by atoms with Crippen molar-refractivity contribution in [3.8, 4) is 0 Å². The number of methoxy groups -OCH3 is 1. The number of nitrogens with zero attached hydrogens (tertiary/aromatic N) is 1. The minimum atomic E-state index is 0.357. The molecule has 2 aliphatic heterocycles. The Labute approximate surface area is 93.2 Å². The highest BCUT2D eigenvalue weighted by molar-refractivity contribution is 4.92. The molecule has 0 spiro atoms. The summed E-state index contributed by atoms with van der Waals surface area (Å²) >= 11 is 0. The van der Waals surface area contributed by atoms with Gasteiger partial charge < -0.3 is 10.1 Å². The molecule has 1 N–H and O–H groups in total. The molecule has 2 unspecified atom stereocenters. The molecule has 3 heteroatoms. The predicted octanol–water partition coefficient (Wildman–Crippen LogP) is 1.24. The molecule has 0 aromatic carbocycles. The SMILES string of the molecule is COC1CCCN(CC2(C)CCCN2)C1. The standard InChI is InChI=1S/C12H24N2O/c1-12(6-4-7-13-12)10-14-8-3-5-11(9-14)15-2/h11,13H,3-10H2,1-2H3. The van der Waals surface area contributed by atoms with Crippen LogP contribution in [0.25, 0.3) is 0 Å². The maximum atomic E-state index is 5.46. The van der Waals surface area contributed by atoms with Gasteiger partial charge in [-0.15, -0.1) is 0 Å². The lowest BCUT2D eigenvalue weighted by atomic mass is 9.97. The summed E-state index contributed by atoms with van der Waals surface area (Å²) in [4.78, 5) is 2.57. The molecule has 0 aliphatic carbocycles. The van der Waals surface area contributed by atoms with Gasteiger partial charge >= 0.3 is 0 Å². The summed E-state index contributed by atoms with van der Waals surface area (Å²) in [6.45, 7) is 7.10. The zero-order valence-corrected chi connectivity index (χ0v) is 10.1. The van der Waals surface area contributed by atoms with E-state index in [2.05, 4.69) is 17.1 Å². The second-order valence-electron chi connectivity index (χ2n) is 5.33. The molecule has 88 valence electrons. The number of likely N-dealkylation sites (tertiary alicyclic amines) is 1. The molecular weight excluding hydrogens is 188 g/mol. The number of ether oxygens (including phenoxy) is 1. The smallest absolute Gasteiger partial charge is 0.0698 e. The first-order valence-corrected chi connectivity index (χ1v) is 6.22. The Morgan fingerprint density at radius 1 is 1.47 bits per heavy atom. The minimum absolute atomic E-state index is 0.357. The van der Waals surface area contributed by atoms with Gasteiger partial charge in [0, 0.05) is 25.7 Å². The Balaban J connectivity index is 1.83. The van der Waals surface area contributed by atoms with E-state index in [1.165, 1.54) is 45.3 Å². The molecule has 0 saturated carbocycles. The van der Waals surface area contributed by atoms with E-state index in [1.54, 1.807) is 0 Å². The summed E-state index contributed by atoms with van der Waals surface area (Å²) in [5.41, 5.74) is 0.357. The molecule has 15 heavy (non-hydrogen) atoms. The average Bonchev–Trinajstić information content (AvgIpc) is 2.65. The quantitative estimate of drug-likeness (QED) is 0.762. The first-order valence-electron chi connectivity index (χ1n) is 6.22. The van der Waals surface area contributed by atoms with Crippen LogP contribution >= 0.6 is 0 Å². The van der Waals surface area contributed by atoms with Gasteiger partial charge in [0.05, 0.1) is 6.10 Å². The van der Waals surface area contributed by atoms with Gasteiger partial charge in [0.15, 0.2) is 0 Å². The van der Waals surface area contributed by atoms with E-state index in [1.807, 2.05) is 7.11 Å². The number of hydrogen-bond donors (Lipinski definition) is 1. The molecule has 0 aromatic heterocycles. The molecule has 0 radical (unpaired) electrons. The van der Waals surface area contributed by atoms with Crippen molar-refractivity contribution in [3.63, 3.8) is 0 Å². The van der Waals surface area contributed by atoms with E-state index in [0.717, 1.165) is 6.54 Å². The molecule has 0 aromatic rings. The van der Waals surface area contributed by atoms with Crippen LogP contribution < -0.4 is 5.32 Å². The fourth-order valence-corrected chi connectivity index (χ4v) is 2.93. The Kier molecular flexibility index (Phi) is 3.65. The predicted molar refractivity (Wildman–Crippen MR) is 62.1 cm³/mol. The van der Waals surface area contributed by atoms with Crippen LogP contribution in [0.15, 0.2) is 0 Å². The van der Waals surface area contributed by atoms with Crippen molar-refractivity contribution in [1.82, 2.24) is 10.2 Å². The second kappa shape index (κ2) is 4.81. The Bertz CT molecular complexity index is 202. The molecule has 2 heterocycles. The molecule has 2 saturated heterocycles. The van der Waals surface area contributed by atoms with Gasteiger partial charge in [-0.25, -0.2) is 0 Å². The lowest BCUT2D eigenvalue weighted by Crippen LogP contribution is -2.51. The molecule has 2 aliphatic rings. The van der Waals surface area contributed by atoms with Crippen LogP contribution in [0.3, 0.4) is 0 Å². The highest BCUT2D eigenvalue weighted by Crippen LogP contribution is 2.22. The minimum Gasteiger partial charge on any atom is -0.380 e. The third-order valence-electron chi connectivity index (χ3n) is 3.83. The molecule has 2 atom stereocenters. The summed E-state index contributed by atoms with van der Waals surface area (Å²) < 4.78 is 5.46. The van der Waals surface area contributed by atoms with Gasteiger partial charge in [-0.3, -0.25) is 4.90 Å². The molecule has 2 rings (SSSR count). The van der Waals surface area contributed by atoms with Gasteiger partial charge in [0.25, 0.3) is 0 Å². The third-order valence-corrected chi connectivity index (χ3v) is 3.83. The van der Waals surface area contributed by atoms with Gasteiger partial charge in [-0.05, 0) is 45.7 Å². The van der Waals surface area contributed by atoms with Gasteiger partial charge in [0.1, 0.15) is 0 Å². The maximum absolute atomic E-state index is 5.46. The monoisotopic (exact) mass is 212 g/mol. The van der Waals surface area contributed by atoms with Gasteiger partial charge in [-0.2, -0.15) is 0 Å². The van der Waals surface area contributed by atoms with E-state index in [9.17, 15) is 0 Å². The van der Waals surface area contributed by atoms with E-state index in [0.29, 0.717) is 11.6 Å². The van der Waals surface area contributed by atoms with Crippen molar-refractivity contribution in [1.29, 1.82) is 0 Å². The second-order valence-corrected chi connectivity index (χ2v) is 5.33. The van der Waals surface area contributed by atoms with Crippen LogP contribution in [0.1, 0.15) is 32.6 Å². The molecule has 0 bridgehead atoms. The van der Waals surface area contributed by atoms with Crippen molar-refractivity contribution in [3.05, 3.63) is 0 Å². The summed E-state index contributed by atoms with van der Waals surface area (Å²) in [6.07, 6.45) is 5.63. The Hall–Kier alpha value is -0.120. The van der Waals surface area contributed by atoms with E-state index < -0.39 is 0 Å². The van der Waals surface area contributed by atoms with Crippen LogP contribution in [0.5, 0.6) is 0 Å². The van der Waals surface area contributed by atoms with Crippen molar-refractivity contribution in [2.75, 3.05) is 33.3 Å². The third kappa shape index (κ3) is 2.92. The fourth-order valence-electron chi connectivity index (χ4n) is 2.93. The summed E-state index contributed by atoms with van der Waals surface area (Å²) in [6, 6.07) is 0. The van der Waals surface area contributed by atoms with E-state index in [-0.39, 0.29) is 0 Å². The summed E-state index contributed by atoms with van der Waals surface area (Å²) in [5, 5.41) is 3.63. The van der Waals surface area contributed by atoms with Crippen LogP contribution in [0, 0.1) is 0 Å². The van der Waals surface area contributed by atoms with Crippen LogP contribution in [0.2, 0.25) is 0 Å². The maximum Gasteiger partial charge on any atom is 0.0698 e. The Morgan fingerprint density at radius 3 is 3.00 bits per heavy atom. The number of piperidine rings is 1. The zero-order chi connectivity index (χ0) is 10.7. The average molecular weight is 212 g/mol. The van der Waals surface area contributed by atoms with Crippen molar-refractivity contribution in [2.45, 2.75) is 44.2 Å². The zero-order valence-electron chi connectivity index (χ0n) is 10.1. The summed E-state index contributed by atoms with van der Waals surface area (Å²) in [7, 11) is 1.84. The fraction of sp³-hybridized carbons (Fsp3) is 1.00. The summed E-state index contributed by atoms with van der Waals surface area (Å²) in [5.74, 6) is 0. The lowest BCUT2D eigenvalue weighted by Gasteiger charge is -2.37. The van der Waals surface area contributed by atoms with E-state index in [4.69, 9.17) is 4.74 Å². The molecule has 2 fully saturated rings. The lowest BCUT2D eigenvalue weighted by molar-refractivity contribution is 0.0231.